The summed E-state index contributed by atoms with van der Waals surface area (Å²) >= 11 is 15.7. The fraction of sp³-hybridized carbons (Fsp3) is 0.0500. The molecule has 0 aliphatic heterocycles. The first-order valence-corrected chi connectivity index (χ1v) is 10.8. The van der Waals surface area contributed by atoms with Crippen LogP contribution >= 0.6 is 35.8 Å². The Bertz CT molecular complexity index is 1100. The molecule has 0 unspecified atom stereocenters. The number of aromatic carboxylic acids is 1. The minimum Gasteiger partial charge on any atom is -0.478 e. The molecule has 3 aromatic carbocycles. The molecule has 5 nitrogen and oxygen atoms in total. The van der Waals surface area contributed by atoms with Gasteiger partial charge in [-0.3, -0.25) is 4.72 Å². The lowest BCUT2D eigenvalue weighted by Gasteiger charge is -2.10. The number of halogens is 2. The number of rotatable bonds is 4. The van der Waals surface area contributed by atoms with Gasteiger partial charge in [0.2, 0.25) is 0 Å². The smallest absolute Gasteiger partial charge is 0.335 e. The van der Waals surface area contributed by atoms with Crippen molar-refractivity contribution in [3.8, 4) is 0 Å². The van der Waals surface area contributed by atoms with Crippen LogP contribution in [0.1, 0.15) is 15.9 Å². The van der Waals surface area contributed by atoms with Gasteiger partial charge in [-0.15, -0.1) is 12.6 Å². The number of nitrogens with one attached hydrogen (secondary N) is 1. The number of hydrogen-bond donors (Lipinski definition) is 3. The van der Waals surface area contributed by atoms with E-state index in [9.17, 15) is 13.2 Å². The van der Waals surface area contributed by atoms with E-state index >= 15 is 0 Å². The molecule has 29 heavy (non-hydrogen) atoms. The van der Waals surface area contributed by atoms with Crippen molar-refractivity contribution >= 4 is 57.5 Å². The summed E-state index contributed by atoms with van der Waals surface area (Å²) in [6, 6.07) is 17.4. The van der Waals surface area contributed by atoms with Gasteiger partial charge in [0.1, 0.15) is 0 Å². The Kier molecular flexibility index (Phi) is 7.98. The van der Waals surface area contributed by atoms with Crippen molar-refractivity contribution < 1.29 is 18.3 Å². The van der Waals surface area contributed by atoms with E-state index in [4.69, 9.17) is 28.3 Å². The zero-order valence-electron chi connectivity index (χ0n) is 15.1. The third kappa shape index (κ3) is 6.97. The van der Waals surface area contributed by atoms with E-state index in [1.165, 1.54) is 30.3 Å². The number of thiol groups is 1. The maximum atomic E-state index is 12.1. The van der Waals surface area contributed by atoms with E-state index in [0.29, 0.717) is 26.2 Å². The highest BCUT2D eigenvalue weighted by atomic mass is 35.5. The molecule has 0 atom stereocenters. The zero-order valence-corrected chi connectivity index (χ0v) is 18.4. The van der Waals surface area contributed by atoms with Gasteiger partial charge in [0.25, 0.3) is 10.0 Å². The van der Waals surface area contributed by atoms with Crippen molar-refractivity contribution in [2.75, 3.05) is 4.72 Å². The molecular weight excluding hydrogens is 453 g/mol. The van der Waals surface area contributed by atoms with Gasteiger partial charge in [0.15, 0.2) is 0 Å². The lowest BCUT2D eigenvalue weighted by atomic mass is 10.2. The van der Waals surface area contributed by atoms with Crippen LogP contribution in [0.4, 0.5) is 5.69 Å². The van der Waals surface area contributed by atoms with Gasteiger partial charge in [0, 0.05) is 14.9 Å². The van der Waals surface area contributed by atoms with Crippen molar-refractivity contribution in [3.05, 3.63) is 87.9 Å². The minimum atomic E-state index is -3.69. The molecule has 0 amide bonds. The topological polar surface area (TPSA) is 83.5 Å². The van der Waals surface area contributed by atoms with E-state index in [1.54, 1.807) is 36.4 Å². The summed E-state index contributed by atoms with van der Waals surface area (Å²) in [6.07, 6.45) is 0. The number of carboxylic acid groups (broad SMARTS) is 1. The summed E-state index contributed by atoms with van der Waals surface area (Å²) in [5.41, 5.74) is 1.74. The molecule has 0 heterocycles. The van der Waals surface area contributed by atoms with Crippen LogP contribution in [-0.4, -0.2) is 19.5 Å². The third-order valence-electron chi connectivity index (χ3n) is 3.63. The van der Waals surface area contributed by atoms with Crippen LogP contribution < -0.4 is 4.72 Å². The molecule has 0 aromatic heterocycles. The monoisotopic (exact) mass is 469 g/mol. The van der Waals surface area contributed by atoms with Crippen LogP contribution in [0.2, 0.25) is 10.0 Å². The molecule has 3 rings (SSSR count). The van der Waals surface area contributed by atoms with E-state index in [0.717, 1.165) is 5.56 Å². The molecule has 0 bridgehead atoms. The summed E-state index contributed by atoms with van der Waals surface area (Å²) in [5, 5.41) is 9.37. The van der Waals surface area contributed by atoms with E-state index < -0.39 is 16.0 Å². The van der Waals surface area contributed by atoms with E-state index in [1.807, 2.05) is 6.92 Å². The minimum absolute atomic E-state index is 0.115. The number of carbonyl (C=O) groups is 1. The molecule has 3 aromatic rings. The second-order valence-electron chi connectivity index (χ2n) is 5.89. The Morgan fingerprint density at radius 1 is 0.931 bits per heavy atom. The van der Waals surface area contributed by atoms with Crippen LogP contribution in [0, 0.1) is 6.92 Å². The second-order valence-corrected chi connectivity index (χ2v) is 8.93. The summed E-state index contributed by atoms with van der Waals surface area (Å²) in [5.74, 6) is -0.875. The Hall–Kier alpha value is -2.19. The van der Waals surface area contributed by atoms with Crippen molar-refractivity contribution in [2.24, 2.45) is 0 Å². The van der Waals surface area contributed by atoms with Crippen molar-refractivity contribution in [2.45, 2.75) is 16.7 Å². The fourth-order valence-corrected chi connectivity index (χ4v) is 3.74. The SMILES string of the molecule is Cc1ccc(C(=O)O)cc1.O=S(=O)(Nc1cc(Cl)ccc1S)c1ccc(Cl)cc1. The van der Waals surface area contributed by atoms with Gasteiger partial charge >= 0.3 is 5.97 Å². The first-order valence-electron chi connectivity index (χ1n) is 8.15. The molecule has 0 saturated heterocycles. The number of anilines is 1. The summed E-state index contributed by atoms with van der Waals surface area (Å²) < 4.78 is 26.7. The van der Waals surface area contributed by atoms with Crippen LogP contribution in [-0.2, 0) is 10.0 Å². The predicted molar refractivity (Wildman–Crippen MR) is 119 cm³/mol. The number of carboxylic acids is 1. The third-order valence-corrected chi connectivity index (χ3v) is 5.88. The standard InChI is InChI=1S/C12H9Cl2NO2S2.C8H8O2/c13-8-1-4-10(5-2-8)19(16,17)15-11-7-9(14)3-6-12(11)18;1-6-2-4-7(5-3-6)8(9)10/h1-7,15,18H;2-5H,1H3,(H,9,10). The molecule has 0 radical (unpaired) electrons. The quantitative estimate of drug-likeness (QED) is 0.423. The van der Waals surface area contributed by atoms with Crippen LogP contribution in [0.3, 0.4) is 0 Å². The van der Waals surface area contributed by atoms with Gasteiger partial charge in [-0.05, 0) is 61.5 Å². The Labute approximate surface area is 184 Å². The summed E-state index contributed by atoms with van der Waals surface area (Å²) in [4.78, 5) is 10.9. The van der Waals surface area contributed by atoms with Gasteiger partial charge in [0.05, 0.1) is 16.1 Å². The van der Waals surface area contributed by atoms with Gasteiger partial charge in [-0.25, -0.2) is 13.2 Å². The largest absolute Gasteiger partial charge is 0.478 e. The summed E-state index contributed by atoms with van der Waals surface area (Å²) in [6.45, 7) is 1.92. The van der Waals surface area contributed by atoms with Crippen molar-refractivity contribution in [1.29, 1.82) is 0 Å². The van der Waals surface area contributed by atoms with Crippen LogP contribution in [0.15, 0.2) is 76.5 Å². The van der Waals surface area contributed by atoms with Crippen molar-refractivity contribution in [1.82, 2.24) is 0 Å². The number of benzene rings is 3. The lowest BCUT2D eigenvalue weighted by molar-refractivity contribution is 0.0697. The van der Waals surface area contributed by atoms with Gasteiger partial charge in [-0.2, -0.15) is 0 Å². The van der Waals surface area contributed by atoms with E-state index in [-0.39, 0.29) is 4.90 Å². The second kappa shape index (κ2) is 10.0. The van der Waals surface area contributed by atoms with Crippen LogP contribution in [0.25, 0.3) is 0 Å². The Balaban J connectivity index is 0.000000253. The average molecular weight is 470 g/mol. The number of sulfonamides is 1. The molecule has 0 spiro atoms. The summed E-state index contributed by atoms with van der Waals surface area (Å²) in [7, 11) is -3.69. The maximum Gasteiger partial charge on any atom is 0.335 e. The zero-order chi connectivity index (χ0) is 21.6. The van der Waals surface area contributed by atoms with Crippen LogP contribution in [0.5, 0.6) is 0 Å². The highest BCUT2D eigenvalue weighted by molar-refractivity contribution is 7.92. The first kappa shape index (κ1) is 23.1. The fourth-order valence-electron chi connectivity index (χ4n) is 2.10. The molecule has 0 aliphatic carbocycles. The van der Waals surface area contributed by atoms with E-state index in [2.05, 4.69) is 17.4 Å². The Morgan fingerprint density at radius 3 is 2.03 bits per heavy atom. The average Bonchev–Trinajstić information content (AvgIpc) is 2.66. The lowest BCUT2D eigenvalue weighted by Crippen LogP contribution is -2.13. The highest BCUT2D eigenvalue weighted by Gasteiger charge is 2.15. The van der Waals surface area contributed by atoms with Gasteiger partial charge < -0.3 is 5.11 Å². The predicted octanol–water partition coefficient (Wildman–Crippen LogP) is 5.78. The molecular formula is C20H17Cl2NO4S2. The number of hydrogen-bond acceptors (Lipinski definition) is 4. The maximum absolute atomic E-state index is 12.1. The Morgan fingerprint density at radius 2 is 1.48 bits per heavy atom. The molecule has 0 aliphatic rings. The first-order chi connectivity index (χ1) is 13.6. The normalized spacial score (nSPS) is 10.6. The molecule has 152 valence electrons. The molecule has 0 fully saturated rings. The number of aryl methyl sites for hydroxylation is 1. The van der Waals surface area contributed by atoms with Gasteiger partial charge in [-0.1, -0.05) is 40.9 Å². The molecule has 2 N–H and O–H groups in total. The highest BCUT2D eigenvalue weighted by Crippen LogP contribution is 2.26. The molecule has 9 heteroatoms. The molecule has 0 saturated carbocycles. The van der Waals surface area contributed by atoms with Crippen molar-refractivity contribution in [3.63, 3.8) is 0 Å².